The second-order valence-electron chi connectivity index (χ2n) is 2.75. The number of rotatable bonds is 6. The molecule has 2 atom stereocenters. The van der Waals surface area contributed by atoms with E-state index < -0.39 is 6.72 Å². The van der Waals surface area contributed by atoms with Crippen LogP contribution in [0.25, 0.3) is 0 Å². The van der Waals surface area contributed by atoms with Crippen molar-refractivity contribution in [1.82, 2.24) is 5.09 Å². The lowest BCUT2D eigenvalue weighted by Crippen LogP contribution is -2.10. The van der Waals surface area contributed by atoms with Crippen molar-refractivity contribution in [1.29, 1.82) is 0 Å². The smallest absolute Gasteiger partial charge is 0.324 e. The molecular formula is C7H18NO2PS. The largest absolute Gasteiger partial charge is 0.326 e. The lowest BCUT2D eigenvalue weighted by Gasteiger charge is -2.15. The first kappa shape index (κ1) is 12.5. The first-order valence-corrected chi connectivity index (χ1v) is 7.42. The monoisotopic (exact) mass is 211 g/mol. The second-order valence-corrected chi connectivity index (χ2v) is 7.24. The molecule has 0 aromatic carbocycles. The minimum absolute atomic E-state index is 0.241. The molecule has 0 spiro atoms. The van der Waals surface area contributed by atoms with Crippen LogP contribution in [-0.4, -0.2) is 16.7 Å². The Balaban J connectivity index is 3.78. The number of nitrogens with one attached hydrogen (secondary N) is 1. The summed E-state index contributed by atoms with van der Waals surface area (Å²) >= 11 is 1.14. The van der Waals surface area contributed by atoms with E-state index in [1.807, 2.05) is 20.8 Å². The number of hydrogen-bond acceptors (Lipinski definition) is 2. The average Bonchev–Trinajstić information content (AvgIpc) is 2.00. The zero-order valence-electron chi connectivity index (χ0n) is 7.91. The molecule has 2 unspecified atom stereocenters. The Bertz CT molecular complexity index is 165. The highest BCUT2D eigenvalue weighted by Crippen LogP contribution is 2.53. The summed E-state index contributed by atoms with van der Waals surface area (Å²) in [5.41, 5.74) is 0. The van der Waals surface area contributed by atoms with Crippen molar-refractivity contribution in [3.05, 3.63) is 0 Å². The van der Waals surface area contributed by atoms with Gasteiger partial charge in [0, 0.05) is 11.8 Å². The molecule has 3 nitrogen and oxygen atoms in total. The highest BCUT2D eigenvalue weighted by atomic mass is 32.7. The zero-order chi connectivity index (χ0) is 9.61. The molecule has 0 aliphatic heterocycles. The van der Waals surface area contributed by atoms with Crippen molar-refractivity contribution in [3.8, 4) is 0 Å². The Morgan fingerprint density at radius 1 is 1.58 bits per heavy atom. The second kappa shape index (κ2) is 6.03. The Labute approximate surface area is 78.6 Å². The molecule has 0 bridgehead atoms. The van der Waals surface area contributed by atoms with Gasteiger partial charge in [0.1, 0.15) is 0 Å². The third-order valence-electron chi connectivity index (χ3n) is 1.46. The van der Waals surface area contributed by atoms with Crippen molar-refractivity contribution in [2.45, 2.75) is 38.9 Å². The van der Waals surface area contributed by atoms with E-state index in [9.17, 15) is 9.46 Å². The van der Waals surface area contributed by atoms with Crippen molar-refractivity contribution in [2.75, 3.05) is 6.54 Å². The normalized spacial score (nSPS) is 18.7. The third-order valence-corrected chi connectivity index (χ3v) is 5.39. The van der Waals surface area contributed by atoms with E-state index in [1.165, 1.54) is 0 Å². The van der Waals surface area contributed by atoms with Crippen LogP contribution in [0.2, 0.25) is 0 Å². The molecule has 74 valence electrons. The molecule has 0 fully saturated rings. The lowest BCUT2D eigenvalue weighted by molar-refractivity contribution is 0.482. The van der Waals surface area contributed by atoms with E-state index in [1.54, 1.807) is 0 Å². The topological polar surface area (TPSA) is 49.3 Å². The van der Waals surface area contributed by atoms with E-state index in [0.29, 0.717) is 6.54 Å². The van der Waals surface area contributed by atoms with E-state index in [2.05, 4.69) is 5.09 Å². The Morgan fingerprint density at radius 2 is 2.17 bits per heavy atom. The maximum absolute atomic E-state index is 11.3. The predicted octanol–water partition coefficient (Wildman–Crippen LogP) is 2.62. The molecule has 0 saturated heterocycles. The van der Waals surface area contributed by atoms with E-state index >= 15 is 0 Å². The Hall–Kier alpha value is 0.500. The van der Waals surface area contributed by atoms with Crippen LogP contribution in [0.3, 0.4) is 0 Å². The summed E-state index contributed by atoms with van der Waals surface area (Å²) in [5, 5.41) is 2.89. The zero-order valence-corrected chi connectivity index (χ0v) is 9.62. The fourth-order valence-electron chi connectivity index (χ4n) is 0.609. The maximum Gasteiger partial charge on any atom is 0.324 e. The van der Waals surface area contributed by atoms with Gasteiger partial charge in [0.2, 0.25) is 0 Å². The van der Waals surface area contributed by atoms with E-state index in [-0.39, 0.29) is 5.25 Å². The summed E-state index contributed by atoms with van der Waals surface area (Å²) < 4.78 is 11.3. The summed E-state index contributed by atoms with van der Waals surface area (Å²) in [6.45, 7) is 3.44. The van der Waals surface area contributed by atoms with Gasteiger partial charge < -0.3 is 4.89 Å². The minimum atomic E-state index is -3.12. The number of hydrogen-bond donors (Lipinski definition) is 2. The van der Waals surface area contributed by atoms with Gasteiger partial charge in [-0.2, -0.15) is 0 Å². The summed E-state index contributed by atoms with van der Waals surface area (Å²) in [5.74, 6) is 0. The third kappa shape index (κ3) is 6.06. The van der Waals surface area contributed by atoms with Crippen molar-refractivity contribution >= 4 is 18.1 Å². The average molecular weight is 211 g/mol. The Kier molecular flexibility index (Phi) is 6.28. The lowest BCUT2D eigenvalue weighted by atomic mass is 10.4. The highest BCUT2D eigenvalue weighted by molar-refractivity contribution is 8.56. The van der Waals surface area contributed by atoms with Crippen molar-refractivity contribution < 1.29 is 9.46 Å². The molecule has 0 aromatic heterocycles. The molecule has 0 rings (SSSR count). The van der Waals surface area contributed by atoms with Gasteiger partial charge >= 0.3 is 6.72 Å². The van der Waals surface area contributed by atoms with Crippen LogP contribution in [-0.2, 0) is 4.57 Å². The molecular weight excluding hydrogens is 193 g/mol. The van der Waals surface area contributed by atoms with Crippen LogP contribution in [0.4, 0.5) is 0 Å². The van der Waals surface area contributed by atoms with Gasteiger partial charge in [-0.25, -0.2) is 5.09 Å². The predicted molar refractivity (Wildman–Crippen MR) is 55.5 cm³/mol. The SMILES string of the molecule is CCCNP(=O)(O)SC(C)CC. The van der Waals surface area contributed by atoms with Crippen LogP contribution in [0.5, 0.6) is 0 Å². The van der Waals surface area contributed by atoms with Crippen LogP contribution >= 0.6 is 18.1 Å². The van der Waals surface area contributed by atoms with Gasteiger partial charge in [0.15, 0.2) is 0 Å². The van der Waals surface area contributed by atoms with Gasteiger partial charge in [-0.05, 0) is 12.8 Å². The van der Waals surface area contributed by atoms with Gasteiger partial charge in [0.25, 0.3) is 0 Å². The van der Waals surface area contributed by atoms with Gasteiger partial charge in [-0.1, -0.05) is 32.2 Å². The summed E-state index contributed by atoms with van der Waals surface area (Å²) in [7, 11) is 0. The molecule has 2 N–H and O–H groups in total. The fourth-order valence-corrected chi connectivity index (χ4v) is 4.23. The van der Waals surface area contributed by atoms with E-state index in [0.717, 1.165) is 24.2 Å². The summed E-state index contributed by atoms with van der Waals surface area (Å²) in [6.07, 6.45) is 1.80. The molecule has 0 saturated carbocycles. The standard InChI is InChI=1S/C7H18NO2PS/c1-4-6-8-11(9,10)12-7(3)5-2/h7H,4-6H2,1-3H3,(H2,8,9,10). The molecule has 5 heteroatoms. The molecule has 0 aliphatic carbocycles. The molecule has 12 heavy (non-hydrogen) atoms. The van der Waals surface area contributed by atoms with Gasteiger partial charge in [0.05, 0.1) is 0 Å². The van der Waals surface area contributed by atoms with Crippen molar-refractivity contribution in [3.63, 3.8) is 0 Å². The van der Waals surface area contributed by atoms with Crippen LogP contribution in [0.1, 0.15) is 33.6 Å². The maximum atomic E-state index is 11.3. The van der Waals surface area contributed by atoms with Crippen LogP contribution in [0, 0.1) is 0 Å². The molecule has 0 aromatic rings. The molecule has 0 radical (unpaired) electrons. The first-order chi connectivity index (χ1) is 5.52. The summed E-state index contributed by atoms with van der Waals surface area (Å²) in [6, 6.07) is 0. The first-order valence-electron chi connectivity index (χ1n) is 4.28. The van der Waals surface area contributed by atoms with Crippen LogP contribution in [0.15, 0.2) is 0 Å². The van der Waals surface area contributed by atoms with Gasteiger partial charge in [-0.3, -0.25) is 4.57 Å². The molecule has 0 aliphatic rings. The highest BCUT2D eigenvalue weighted by Gasteiger charge is 2.20. The van der Waals surface area contributed by atoms with E-state index in [4.69, 9.17) is 0 Å². The van der Waals surface area contributed by atoms with Gasteiger partial charge in [-0.15, -0.1) is 0 Å². The van der Waals surface area contributed by atoms with Crippen LogP contribution < -0.4 is 5.09 Å². The summed E-state index contributed by atoms with van der Waals surface area (Å²) in [4.78, 5) is 9.35. The molecule has 0 heterocycles. The Morgan fingerprint density at radius 3 is 2.58 bits per heavy atom. The van der Waals surface area contributed by atoms with Crippen molar-refractivity contribution in [2.24, 2.45) is 0 Å². The fraction of sp³-hybridized carbons (Fsp3) is 1.00. The minimum Gasteiger partial charge on any atom is -0.326 e. The quantitative estimate of drug-likeness (QED) is 0.663. The molecule has 0 amide bonds.